The zero-order chi connectivity index (χ0) is 14.1. The van der Waals surface area contributed by atoms with Gasteiger partial charge in [0.15, 0.2) is 0 Å². The van der Waals surface area contributed by atoms with Crippen molar-refractivity contribution in [2.45, 2.75) is 38.8 Å². The standard InChI is InChI=1S/C17H20FNO/c1-11-9-16(11)17-8-7-15(20-17)10-19-12(2)13-3-5-14(18)6-4-13/h3-8,11-12,16,19H,9-10H2,1-2H3/t11?,12-,16?/m1/s1. The molecule has 3 rings (SSSR count). The largest absolute Gasteiger partial charge is 0.464 e. The van der Waals surface area contributed by atoms with Gasteiger partial charge in [0, 0.05) is 12.0 Å². The summed E-state index contributed by atoms with van der Waals surface area (Å²) in [6, 6.07) is 10.9. The highest BCUT2D eigenvalue weighted by atomic mass is 19.1. The molecule has 0 aliphatic heterocycles. The minimum atomic E-state index is -0.199. The molecule has 20 heavy (non-hydrogen) atoms. The predicted molar refractivity (Wildman–Crippen MR) is 76.9 cm³/mol. The maximum atomic E-state index is 12.9. The van der Waals surface area contributed by atoms with Crippen LogP contribution in [0.2, 0.25) is 0 Å². The quantitative estimate of drug-likeness (QED) is 0.873. The number of benzene rings is 1. The number of hydrogen-bond donors (Lipinski definition) is 1. The zero-order valence-electron chi connectivity index (χ0n) is 11.9. The lowest BCUT2D eigenvalue weighted by Crippen LogP contribution is -2.17. The molecule has 0 spiro atoms. The molecule has 2 nitrogen and oxygen atoms in total. The fourth-order valence-electron chi connectivity index (χ4n) is 2.53. The minimum Gasteiger partial charge on any atom is -0.464 e. The van der Waals surface area contributed by atoms with Crippen LogP contribution in [0.1, 0.15) is 49.3 Å². The first-order chi connectivity index (χ1) is 9.63. The number of furan rings is 1. The Morgan fingerprint density at radius 1 is 1.25 bits per heavy atom. The van der Waals surface area contributed by atoms with Crippen LogP contribution < -0.4 is 5.32 Å². The Kier molecular flexibility index (Phi) is 3.62. The fourth-order valence-corrected chi connectivity index (χ4v) is 2.53. The van der Waals surface area contributed by atoms with E-state index in [0.717, 1.165) is 23.0 Å². The number of halogens is 1. The van der Waals surface area contributed by atoms with Gasteiger partial charge in [-0.15, -0.1) is 0 Å². The van der Waals surface area contributed by atoms with Crippen molar-refractivity contribution in [3.63, 3.8) is 0 Å². The summed E-state index contributed by atoms with van der Waals surface area (Å²) in [5, 5.41) is 3.40. The van der Waals surface area contributed by atoms with E-state index in [0.29, 0.717) is 12.5 Å². The molecule has 1 aliphatic carbocycles. The number of hydrogen-bond acceptors (Lipinski definition) is 2. The van der Waals surface area contributed by atoms with Gasteiger partial charge in [-0.2, -0.15) is 0 Å². The molecule has 3 heteroatoms. The van der Waals surface area contributed by atoms with Crippen LogP contribution in [0, 0.1) is 11.7 Å². The lowest BCUT2D eigenvalue weighted by atomic mass is 10.1. The number of rotatable bonds is 5. The summed E-state index contributed by atoms with van der Waals surface area (Å²) < 4.78 is 18.7. The van der Waals surface area contributed by atoms with Crippen LogP contribution in [0.4, 0.5) is 4.39 Å². The van der Waals surface area contributed by atoms with Gasteiger partial charge in [-0.05, 0) is 49.1 Å². The van der Waals surface area contributed by atoms with Gasteiger partial charge in [0.25, 0.3) is 0 Å². The second-order valence-electron chi connectivity index (χ2n) is 5.78. The van der Waals surface area contributed by atoms with Crippen LogP contribution in [0.15, 0.2) is 40.8 Å². The predicted octanol–water partition coefficient (Wildman–Crippen LogP) is 4.39. The highest BCUT2D eigenvalue weighted by Crippen LogP contribution is 2.47. The first-order valence-electron chi connectivity index (χ1n) is 7.21. The highest BCUT2D eigenvalue weighted by Gasteiger charge is 2.36. The van der Waals surface area contributed by atoms with Gasteiger partial charge in [-0.25, -0.2) is 4.39 Å². The van der Waals surface area contributed by atoms with Crippen molar-refractivity contribution in [3.8, 4) is 0 Å². The SMILES string of the molecule is CC1CC1c1ccc(CN[C@H](C)c2ccc(F)cc2)o1. The van der Waals surface area contributed by atoms with Crippen LogP contribution in [0.5, 0.6) is 0 Å². The molecule has 1 N–H and O–H groups in total. The van der Waals surface area contributed by atoms with Crippen molar-refractivity contribution >= 4 is 0 Å². The van der Waals surface area contributed by atoms with E-state index in [2.05, 4.69) is 25.2 Å². The molecule has 1 aromatic heterocycles. The molecule has 1 fully saturated rings. The van der Waals surface area contributed by atoms with Crippen LogP contribution in [0.25, 0.3) is 0 Å². The molecule has 1 heterocycles. The Morgan fingerprint density at radius 2 is 1.95 bits per heavy atom. The average Bonchev–Trinajstić information content (AvgIpc) is 3.00. The third-order valence-corrected chi connectivity index (χ3v) is 4.11. The first kappa shape index (κ1) is 13.4. The molecule has 1 saturated carbocycles. The third-order valence-electron chi connectivity index (χ3n) is 4.11. The van der Waals surface area contributed by atoms with Crippen molar-refractivity contribution in [1.82, 2.24) is 5.32 Å². The molecule has 2 aromatic rings. The Morgan fingerprint density at radius 3 is 2.60 bits per heavy atom. The maximum absolute atomic E-state index is 12.9. The van der Waals surface area contributed by atoms with Gasteiger partial charge in [0.1, 0.15) is 17.3 Å². The molecule has 0 radical (unpaired) electrons. The molecular weight excluding hydrogens is 253 g/mol. The topological polar surface area (TPSA) is 25.2 Å². The van der Waals surface area contributed by atoms with Gasteiger partial charge in [0.05, 0.1) is 6.54 Å². The van der Waals surface area contributed by atoms with Gasteiger partial charge in [-0.3, -0.25) is 0 Å². The van der Waals surface area contributed by atoms with Crippen LogP contribution in [0.3, 0.4) is 0 Å². The molecule has 1 aromatic carbocycles. The van der Waals surface area contributed by atoms with Crippen molar-refractivity contribution in [2.24, 2.45) is 5.92 Å². The zero-order valence-corrected chi connectivity index (χ0v) is 11.9. The highest BCUT2D eigenvalue weighted by molar-refractivity contribution is 5.20. The lowest BCUT2D eigenvalue weighted by Gasteiger charge is -2.13. The van der Waals surface area contributed by atoms with Gasteiger partial charge in [0.2, 0.25) is 0 Å². The summed E-state index contributed by atoms with van der Waals surface area (Å²) in [6.45, 7) is 5.02. The molecule has 106 valence electrons. The van der Waals surface area contributed by atoms with E-state index in [1.807, 2.05) is 18.2 Å². The van der Waals surface area contributed by atoms with Crippen molar-refractivity contribution < 1.29 is 8.81 Å². The Balaban J connectivity index is 1.56. The Hall–Kier alpha value is -1.61. The second kappa shape index (κ2) is 5.41. The van der Waals surface area contributed by atoms with E-state index in [1.165, 1.54) is 18.6 Å². The van der Waals surface area contributed by atoms with Crippen molar-refractivity contribution in [3.05, 3.63) is 59.3 Å². The van der Waals surface area contributed by atoms with E-state index in [-0.39, 0.29) is 11.9 Å². The van der Waals surface area contributed by atoms with Crippen LogP contribution in [-0.4, -0.2) is 0 Å². The first-order valence-corrected chi connectivity index (χ1v) is 7.21. The number of nitrogens with one attached hydrogen (secondary N) is 1. The summed E-state index contributed by atoms with van der Waals surface area (Å²) in [6.07, 6.45) is 1.24. The molecule has 2 unspecified atom stereocenters. The molecule has 0 saturated heterocycles. The van der Waals surface area contributed by atoms with Crippen LogP contribution in [-0.2, 0) is 6.54 Å². The van der Waals surface area contributed by atoms with Crippen molar-refractivity contribution in [2.75, 3.05) is 0 Å². The van der Waals surface area contributed by atoms with E-state index >= 15 is 0 Å². The maximum Gasteiger partial charge on any atom is 0.123 e. The van der Waals surface area contributed by atoms with E-state index < -0.39 is 0 Å². The smallest absolute Gasteiger partial charge is 0.123 e. The summed E-state index contributed by atoms with van der Waals surface area (Å²) in [4.78, 5) is 0. The van der Waals surface area contributed by atoms with Gasteiger partial charge >= 0.3 is 0 Å². The van der Waals surface area contributed by atoms with Gasteiger partial charge < -0.3 is 9.73 Å². The third kappa shape index (κ3) is 2.93. The van der Waals surface area contributed by atoms with E-state index in [9.17, 15) is 4.39 Å². The molecule has 0 amide bonds. The second-order valence-corrected chi connectivity index (χ2v) is 5.78. The lowest BCUT2D eigenvalue weighted by molar-refractivity contribution is 0.430. The molecule has 3 atom stereocenters. The molecule has 0 bridgehead atoms. The van der Waals surface area contributed by atoms with Crippen molar-refractivity contribution in [1.29, 1.82) is 0 Å². The van der Waals surface area contributed by atoms with E-state index in [4.69, 9.17) is 4.42 Å². The molecular formula is C17H20FNO. The minimum absolute atomic E-state index is 0.170. The molecule has 1 aliphatic rings. The Labute approximate surface area is 119 Å². The van der Waals surface area contributed by atoms with Gasteiger partial charge in [-0.1, -0.05) is 19.1 Å². The monoisotopic (exact) mass is 273 g/mol. The summed E-state index contributed by atoms with van der Waals surface area (Å²) in [5.41, 5.74) is 1.08. The van der Waals surface area contributed by atoms with Crippen LogP contribution >= 0.6 is 0 Å². The fraction of sp³-hybridized carbons (Fsp3) is 0.412. The average molecular weight is 273 g/mol. The summed E-state index contributed by atoms with van der Waals surface area (Å²) >= 11 is 0. The van der Waals surface area contributed by atoms with E-state index in [1.54, 1.807) is 0 Å². The normalized spacial score (nSPS) is 22.8. The summed E-state index contributed by atoms with van der Waals surface area (Å²) in [5.74, 6) is 3.27. The Bertz CT molecular complexity index is 575. The summed E-state index contributed by atoms with van der Waals surface area (Å²) in [7, 11) is 0.